The van der Waals surface area contributed by atoms with E-state index in [1.165, 1.54) is 0 Å². The third-order valence-electron chi connectivity index (χ3n) is 4.77. The van der Waals surface area contributed by atoms with Crippen molar-refractivity contribution in [3.8, 4) is 17.2 Å². The highest BCUT2D eigenvalue weighted by Gasteiger charge is 2.39. The first-order chi connectivity index (χ1) is 13.3. The van der Waals surface area contributed by atoms with Crippen LogP contribution in [0.4, 0.5) is 0 Å². The van der Waals surface area contributed by atoms with Gasteiger partial charge in [-0.1, -0.05) is 17.7 Å². The molecule has 1 saturated heterocycles. The molecule has 0 amide bonds. The van der Waals surface area contributed by atoms with Gasteiger partial charge in [-0.2, -0.15) is 4.31 Å². The molecule has 0 N–H and O–H groups in total. The summed E-state index contributed by atoms with van der Waals surface area (Å²) in [5.41, 5.74) is 2.52. The van der Waals surface area contributed by atoms with Gasteiger partial charge in [0, 0.05) is 23.9 Å². The zero-order valence-electron chi connectivity index (χ0n) is 16.7. The van der Waals surface area contributed by atoms with E-state index in [9.17, 15) is 8.42 Å². The first-order valence-electron chi connectivity index (χ1n) is 8.84. The summed E-state index contributed by atoms with van der Waals surface area (Å²) in [6, 6.07) is 8.93. The van der Waals surface area contributed by atoms with E-state index in [1.807, 2.05) is 26.0 Å². The van der Waals surface area contributed by atoms with E-state index < -0.39 is 15.4 Å². The van der Waals surface area contributed by atoms with Crippen LogP contribution in [0.3, 0.4) is 0 Å². The van der Waals surface area contributed by atoms with Crippen molar-refractivity contribution in [2.24, 2.45) is 0 Å². The second kappa shape index (κ2) is 8.23. The smallest absolute Gasteiger partial charge is 0.244 e. The lowest BCUT2D eigenvalue weighted by atomic mass is 10.1. The normalized spacial score (nSPS) is 17.5. The summed E-state index contributed by atoms with van der Waals surface area (Å²) in [6.45, 7) is 4.21. The standard InChI is InChI=1S/C20H25NO5S2/c1-13-6-7-19(14(2)10-13)28(22,23)21-8-9-27-20(21)15-11-17(25-4)18(26-5)12-16(15)24-3/h6-7,10-12,20H,8-9H2,1-5H3. The van der Waals surface area contributed by atoms with Crippen molar-refractivity contribution in [3.63, 3.8) is 0 Å². The molecule has 1 unspecified atom stereocenters. The van der Waals surface area contributed by atoms with E-state index in [0.29, 0.717) is 34.4 Å². The number of thioether (sulfide) groups is 1. The molecule has 152 valence electrons. The SMILES string of the molecule is COc1cc(OC)c(C2SCCN2S(=O)(=O)c2ccc(C)cc2C)cc1OC. The molecule has 1 aliphatic rings. The average Bonchev–Trinajstić information content (AvgIpc) is 3.17. The molecule has 1 atom stereocenters. The highest BCUT2D eigenvalue weighted by atomic mass is 32.2. The van der Waals surface area contributed by atoms with Crippen LogP contribution in [-0.2, 0) is 10.0 Å². The number of methoxy groups -OCH3 is 3. The minimum Gasteiger partial charge on any atom is -0.496 e. The zero-order valence-corrected chi connectivity index (χ0v) is 18.3. The monoisotopic (exact) mass is 423 g/mol. The topological polar surface area (TPSA) is 65.1 Å². The van der Waals surface area contributed by atoms with E-state index in [-0.39, 0.29) is 0 Å². The van der Waals surface area contributed by atoms with Crippen LogP contribution in [0.25, 0.3) is 0 Å². The van der Waals surface area contributed by atoms with Gasteiger partial charge in [0.05, 0.1) is 31.6 Å². The van der Waals surface area contributed by atoms with Gasteiger partial charge < -0.3 is 14.2 Å². The molecule has 8 heteroatoms. The van der Waals surface area contributed by atoms with Gasteiger partial charge in [-0.25, -0.2) is 8.42 Å². The van der Waals surface area contributed by atoms with Gasteiger partial charge in [0.15, 0.2) is 11.5 Å². The van der Waals surface area contributed by atoms with Crippen molar-refractivity contribution in [2.75, 3.05) is 33.6 Å². The summed E-state index contributed by atoms with van der Waals surface area (Å²) in [6.07, 6.45) is 0. The summed E-state index contributed by atoms with van der Waals surface area (Å²) in [5.74, 6) is 2.34. The number of nitrogens with zero attached hydrogens (tertiary/aromatic N) is 1. The van der Waals surface area contributed by atoms with Crippen molar-refractivity contribution < 1.29 is 22.6 Å². The van der Waals surface area contributed by atoms with Crippen LogP contribution in [0.15, 0.2) is 35.2 Å². The Bertz CT molecular complexity index is 975. The van der Waals surface area contributed by atoms with Crippen LogP contribution in [-0.4, -0.2) is 46.4 Å². The molecule has 1 aliphatic heterocycles. The molecule has 28 heavy (non-hydrogen) atoms. The van der Waals surface area contributed by atoms with E-state index in [4.69, 9.17) is 14.2 Å². The van der Waals surface area contributed by atoms with E-state index in [0.717, 1.165) is 16.7 Å². The molecule has 0 bridgehead atoms. The molecule has 0 aliphatic carbocycles. The van der Waals surface area contributed by atoms with E-state index >= 15 is 0 Å². The van der Waals surface area contributed by atoms with Gasteiger partial charge in [0.1, 0.15) is 5.75 Å². The van der Waals surface area contributed by atoms with Gasteiger partial charge in [-0.15, -0.1) is 11.8 Å². The molecular formula is C20H25NO5S2. The van der Waals surface area contributed by atoms with Gasteiger partial charge in [-0.3, -0.25) is 0 Å². The van der Waals surface area contributed by atoms with E-state index in [2.05, 4.69) is 0 Å². The van der Waals surface area contributed by atoms with Crippen LogP contribution < -0.4 is 14.2 Å². The molecule has 0 radical (unpaired) electrons. The molecule has 0 aromatic heterocycles. The van der Waals surface area contributed by atoms with Crippen molar-refractivity contribution in [2.45, 2.75) is 24.1 Å². The number of rotatable bonds is 6. The highest BCUT2D eigenvalue weighted by Crippen LogP contribution is 2.48. The molecular weight excluding hydrogens is 398 g/mol. The van der Waals surface area contributed by atoms with Gasteiger partial charge in [-0.05, 0) is 31.5 Å². The Balaban J connectivity index is 2.08. The largest absolute Gasteiger partial charge is 0.496 e. The Morgan fingerprint density at radius 3 is 2.21 bits per heavy atom. The van der Waals surface area contributed by atoms with Crippen molar-refractivity contribution in [1.29, 1.82) is 0 Å². The van der Waals surface area contributed by atoms with Gasteiger partial charge in [0.25, 0.3) is 0 Å². The zero-order chi connectivity index (χ0) is 20.5. The molecule has 0 spiro atoms. The molecule has 1 heterocycles. The second-order valence-corrected chi connectivity index (χ2v) is 9.60. The number of aryl methyl sites for hydroxylation is 2. The minimum atomic E-state index is -3.66. The molecule has 2 aromatic carbocycles. The minimum absolute atomic E-state index is 0.338. The van der Waals surface area contributed by atoms with Gasteiger partial charge >= 0.3 is 0 Å². The summed E-state index contributed by atoms with van der Waals surface area (Å²) >= 11 is 1.57. The quantitative estimate of drug-likeness (QED) is 0.705. The van der Waals surface area contributed by atoms with Crippen LogP contribution in [0.5, 0.6) is 17.2 Å². The molecule has 2 aromatic rings. The Kier molecular flexibility index (Phi) is 6.12. The van der Waals surface area contributed by atoms with Crippen LogP contribution in [0.1, 0.15) is 22.1 Å². The molecule has 3 rings (SSSR count). The lowest BCUT2D eigenvalue weighted by Gasteiger charge is -2.26. The number of sulfonamides is 1. The predicted octanol–water partition coefficient (Wildman–Crippen LogP) is 3.77. The first kappa shape index (κ1) is 20.8. The summed E-state index contributed by atoms with van der Waals surface area (Å²) in [4.78, 5) is 0.338. The Morgan fingerprint density at radius 2 is 1.61 bits per heavy atom. The fourth-order valence-electron chi connectivity index (χ4n) is 3.41. The fourth-order valence-corrected chi connectivity index (χ4v) is 6.86. The van der Waals surface area contributed by atoms with Gasteiger partial charge in [0.2, 0.25) is 10.0 Å². The highest BCUT2D eigenvalue weighted by molar-refractivity contribution is 8.01. The Labute approximate surface area is 170 Å². The summed E-state index contributed by atoms with van der Waals surface area (Å²) in [5, 5.41) is -0.402. The van der Waals surface area contributed by atoms with Crippen LogP contribution in [0.2, 0.25) is 0 Å². The third-order valence-corrected chi connectivity index (χ3v) is 8.17. The number of hydrogen-bond acceptors (Lipinski definition) is 6. The lowest BCUT2D eigenvalue weighted by Crippen LogP contribution is -2.31. The maximum Gasteiger partial charge on any atom is 0.244 e. The lowest BCUT2D eigenvalue weighted by molar-refractivity contribution is 0.344. The van der Waals surface area contributed by atoms with Crippen LogP contribution >= 0.6 is 11.8 Å². The number of benzene rings is 2. The van der Waals surface area contributed by atoms with Crippen molar-refractivity contribution >= 4 is 21.8 Å². The van der Waals surface area contributed by atoms with E-state index in [1.54, 1.807) is 55.6 Å². The maximum atomic E-state index is 13.4. The van der Waals surface area contributed by atoms with Crippen LogP contribution in [0, 0.1) is 13.8 Å². The number of hydrogen-bond donors (Lipinski definition) is 0. The molecule has 0 saturated carbocycles. The third kappa shape index (κ3) is 3.68. The molecule has 6 nitrogen and oxygen atoms in total. The predicted molar refractivity (Wildman–Crippen MR) is 111 cm³/mol. The second-order valence-electron chi connectivity index (χ2n) is 6.56. The summed E-state index contributed by atoms with van der Waals surface area (Å²) in [7, 11) is 1.01. The van der Waals surface area contributed by atoms with Crippen molar-refractivity contribution in [3.05, 3.63) is 47.0 Å². The Hall–Kier alpha value is -1.90. The maximum absolute atomic E-state index is 13.4. The molecule has 1 fully saturated rings. The average molecular weight is 424 g/mol. The summed E-state index contributed by atoms with van der Waals surface area (Å²) < 4.78 is 44.7. The van der Waals surface area contributed by atoms with Crippen molar-refractivity contribution in [1.82, 2.24) is 4.31 Å². The fraction of sp³-hybridized carbons (Fsp3) is 0.400. The Morgan fingerprint density at radius 1 is 0.964 bits per heavy atom. The number of ether oxygens (including phenoxy) is 3. The first-order valence-corrected chi connectivity index (χ1v) is 11.3.